The first-order chi connectivity index (χ1) is 30.3. The third-order valence-electron chi connectivity index (χ3n) is 10.0. The number of ether oxygens (including phenoxy) is 2. The highest BCUT2D eigenvalue weighted by atomic mass is 31.2. The lowest BCUT2D eigenvalue weighted by molar-refractivity contribution is -0.161. The average Bonchev–Trinajstić information content (AvgIpc) is 3.26. The van der Waals surface area contributed by atoms with Crippen molar-refractivity contribution in [1.82, 2.24) is 0 Å². The first-order valence-corrected chi connectivity index (χ1v) is 26.1. The molecule has 0 fully saturated rings. The monoisotopic (exact) mass is 888 g/mol. The fraction of sp³-hybridized carbons (Fsp3) is 0.692. The lowest BCUT2D eigenvalue weighted by Gasteiger charge is -2.19. The average molecular weight is 888 g/mol. The summed E-state index contributed by atoms with van der Waals surface area (Å²) in [5, 5.41) is 0. The molecule has 0 bridgehead atoms. The molecule has 0 aliphatic carbocycles. The van der Waals surface area contributed by atoms with Crippen molar-refractivity contribution < 1.29 is 37.6 Å². The zero-order valence-electron chi connectivity index (χ0n) is 39.3. The van der Waals surface area contributed by atoms with E-state index in [1.54, 1.807) is 0 Å². The standard InChI is InChI=1S/C52H90NO8P/c1-3-5-7-9-11-13-15-17-19-21-23-24-25-26-27-29-31-33-35-37-39-41-43-45-52(55)61-50(49-60-62(56,57)59-47-46-53)48-58-51(54)44-42-40-38-36-34-32-30-28-22-20-18-16-14-12-10-8-6-4-2/h5,7,11,13-14,16-17,19-20,22-24,26-27,50H,3-4,6,8-10,12,15,18,21,25,28-49,53H2,1-2H3,(H,56,57)/b7-5-,13-11-,16-14-,19-17-,22-20-,24-23-,27-26-. The molecule has 0 aromatic heterocycles. The maximum atomic E-state index is 12.6. The Morgan fingerprint density at radius 3 is 1.32 bits per heavy atom. The van der Waals surface area contributed by atoms with Gasteiger partial charge >= 0.3 is 19.8 Å². The van der Waals surface area contributed by atoms with E-state index >= 15 is 0 Å². The van der Waals surface area contributed by atoms with Crippen molar-refractivity contribution in [2.75, 3.05) is 26.4 Å². The highest BCUT2D eigenvalue weighted by Gasteiger charge is 2.26. The van der Waals surface area contributed by atoms with Crippen molar-refractivity contribution in [2.45, 2.75) is 206 Å². The molecule has 0 spiro atoms. The van der Waals surface area contributed by atoms with Crippen LogP contribution < -0.4 is 5.73 Å². The molecular formula is C52H90NO8P. The first-order valence-electron chi connectivity index (χ1n) is 24.6. The van der Waals surface area contributed by atoms with E-state index < -0.39 is 32.5 Å². The molecule has 0 saturated carbocycles. The van der Waals surface area contributed by atoms with Gasteiger partial charge in [0, 0.05) is 19.4 Å². The van der Waals surface area contributed by atoms with Crippen LogP contribution in [0.2, 0.25) is 0 Å². The van der Waals surface area contributed by atoms with Crippen molar-refractivity contribution in [2.24, 2.45) is 5.73 Å². The van der Waals surface area contributed by atoms with E-state index in [1.165, 1.54) is 70.6 Å². The maximum Gasteiger partial charge on any atom is 0.472 e. The largest absolute Gasteiger partial charge is 0.472 e. The summed E-state index contributed by atoms with van der Waals surface area (Å²) >= 11 is 0. The number of nitrogens with two attached hydrogens (primary N) is 1. The minimum Gasteiger partial charge on any atom is -0.462 e. The molecule has 0 aromatic rings. The van der Waals surface area contributed by atoms with Crippen LogP contribution in [-0.2, 0) is 32.7 Å². The molecule has 0 aliphatic rings. The molecule has 0 aliphatic heterocycles. The van der Waals surface area contributed by atoms with Crippen LogP contribution in [0.4, 0.5) is 0 Å². The van der Waals surface area contributed by atoms with Gasteiger partial charge in [-0.1, -0.05) is 182 Å². The van der Waals surface area contributed by atoms with Gasteiger partial charge in [-0.2, -0.15) is 0 Å². The van der Waals surface area contributed by atoms with Gasteiger partial charge in [0.1, 0.15) is 6.61 Å². The highest BCUT2D eigenvalue weighted by molar-refractivity contribution is 7.47. The number of rotatable bonds is 45. The van der Waals surface area contributed by atoms with Gasteiger partial charge in [0.15, 0.2) is 6.10 Å². The van der Waals surface area contributed by atoms with Crippen LogP contribution in [0.5, 0.6) is 0 Å². The Labute approximate surface area is 379 Å². The van der Waals surface area contributed by atoms with Gasteiger partial charge in [-0.05, 0) is 89.9 Å². The summed E-state index contributed by atoms with van der Waals surface area (Å²) in [6, 6.07) is 0. The van der Waals surface area contributed by atoms with Crippen LogP contribution in [0, 0.1) is 0 Å². The smallest absolute Gasteiger partial charge is 0.462 e. The van der Waals surface area contributed by atoms with Crippen molar-refractivity contribution in [1.29, 1.82) is 0 Å². The van der Waals surface area contributed by atoms with E-state index in [4.69, 9.17) is 24.3 Å². The molecule has 0 aromatic carbocycles. The number of esters is 2. The third kappa shape index (κ3) is 46.7. The van der Waals surface area contributed by atoms with Gasteiger partial charge in [-0.3, -0.25) is 18.6 Å². The Morgan fingerprint density at radius 2 is 0.887 bits per heavy atom. The van der Waals surface area contributed by atoms with Crippen molar-refractivity contribution in [3.63, 3.8) is 0 Å². The third-order valence-corrected chi connectivity index (χ3v) is 11.0. The number of phosphoric ester groups is 1. The van der Waals surface area contributed by atoms with Crippen LogP contribution in [0.3, 0.4) is 0 Å². The Kier molecular flexibility index (Phi) is 45.5. The molecule has 0 amide bonds. The lowest BCUT2D eigenvalue weighted by atomic mass is 10.1. The van der Waals surface area contributed by atoms with Crippen LogP contribution in [0.15, 0.2) is 85.1 Å². The predicted octanol–water partition coefficient (Wildman–Crippen LogP) is 14.8. The van der Waals surface area contributed by atoms with E-state index in [-0.39, 0.29) is 32.6 Å². The quantitative estimate of drug-likeness (QED) is 0.0265. The van der Waals surface area contributed by atoms with Crippen LogP contribution in [0.1, 0.15) is 200 Å². The maximum absolute atomic E-state index is 12.6. The lowest BCUT2D eigenvalue weighted by Crippen LogP contribution is -2.29. The summed E-state index contributed by atoms with van der Waals surface area (Å²) in [5.74, 6) is -0.854. The van der Waals surface area contributed by atoms with Gasteiger partial charge in [0.05, 0.1) is 13.2 Å². The van der Waals surface area contributed by atoms with E-state index in [2.05, 4.69) is 98.9 Å². The summed E-state index contributed by atoms with van der Waals surface area (Å²) < 4.78 is 32.9. The zero-order valence-corrected chi connectivity index (χ0v) is 40.2. The highest BCUT2D eigenvalue weighted by Crippen LogP contribution is 2.43. The summed E-state index contributed by atoms with van der Waals surface area (Å²) in [6.45, 7) is 3.58. The molecule has 0 radical (unpaired) electrons. The number of unbranched alkanes of at least 4 members (excludes halogenated alkanes) is 18. The van der Waals surface area contributed by atoms with Crippen molar-refractivity contribution in [3.8, 4) is 0 Å². The van der Waals surface area contributed by atoms with E-state index in [1.807, 2.05) is 0 Å². The minimum absolute atomic E-state index is 0.0459. The predicted molar refractivity (Wildman–Crippen MR) is 261 cm³/mol. The molecule has 10 heteroatoms. The van der Waals surface area contributed by atoms with Gasteiger partial charge in [-0.25, -0.2) is 4.57 Å². The molecule has 2 atom stereocenters. The summed E-state index contributed by atoms with van der Waals surface area (Å²) in [6.07, 6.45) is 60.4. The molecule has 3 N–H and O–H groups in total. The number of phosphoric acid groups is 1. The number of hydrogen-bond acceptors (Lipinski definition) is 8. The minimum atomic E-state index is -4.39. The SMILES string of the molecule is CC/C=C\C/C=C\C/C=C\C/C=C\C/C=C\CCCCCCCCCC(=O)OC(COC(=O)CCCCCCCCC/C=C\C/C=C\CCCCCC)COP(=O)(O)OCCN. The van der Waals surface area contributed by atoms with Crippen LogP contribution in [-0.4, -0.2) is 49.3 Å². The summed E-state index contributed by atoms with van der Waals surface area (Å²) in [5.41, 5.74) is 5.36. The molecule has 2 unspecified atom stereocenters. The number of carbonyl (C=O) groups excluding carboxylic acids is 2. The van der Waals surface area contributed by atoms with Gasteiger partial charge in [0.2, 0.25) is 0 Å². The Bertz CT molecular complexity index is 1290. The normalized spacial score (nSPS) is 13.9. The Hall–Kier alpha value is -2.81. The van der Waals surface area contributed by atoms with Gasteiger partial charge in [-0.15, -0.1) is 0 Å². The van der Waals surface area contributed by atoms with Crippen LogP contribution >= 0.6 is 7.82 Å². The molecule has 0 rings (SSSR count). The van der Waals surface area contributed by atoms with Crippen molar-refractivity contribution in [3.05, 3.63) is 85.1 Å². The van der Waals surface area contributed by atoms with E-state index in [9.17, 15) is 19.0 Å². The molecule has 9 nitrogen and oxygen atoms in total. The zero-order chi connectivity index (χ0) is 45.3. The molecule has 0 heterocycles. The Balaban J connectivity index is 4.14. The molecule has 356 valence electrons. The van der Waals surface area contributed by atoms with E-state index in [0.29, 0.717) is 6.42 Å². The Morgan fingerprint density at radius 1 is 0.500 bits per heavy atom. The summed E-state index contributed by atoms with van der Waals surface area (Å²) in [4.78, 5) is 35.0. The molecule has 62 heavy (non-hydrogen) atoms. The second-order valence-corrected chi connectivity index (χ2v) is 17.4. The number of allylic oxidation sites excluding steroid dienone is 14. The first kappa shape index (κ1) is 59.2. The summed E-state index contributed by atoms with van der Waals surface area (Å²) in [7, 11) is -4.39. The molecular weight excluding hydrogens is 798 g/mol. The van der Waals surface area contributed by atoms with E-state index in [0.717, 1.165) is 96.3 Å². The van der Waals surface area contributed by atoms with Crippen LogP contribution in [0.25, 0.3) is 0 Å². The topological polar surface area (TPSA) is 134 Å². The number of hydrogen-bond donors (Lipinski definition) is 2. The fourth-order valence-corrected chi connectivity index (χ4v) is 7.16. The second kappa shape index (κ2) is 47.7. The molecule has 0 saturated heterocycles. The van der Waals surface area contributed by atoms with Crippen molar-refractivity contribution >= 4 is 19.8 Å². The fourth-order valence-electron chi connectivity index (χ4n) is 6.40. The van der Waals surface area contributed by atoms with Gasteiger partial charge < -0.3 is 20.1 Å². The second-order valence-electron chi connectivity index (χ2n) is 15.9. The van der Waals surface area contributed by atoms with Gasteiger partial charge in [0.25, 0.3) is 0 Å². The number of carbonyl (C=O) groups is 2.